The highest BCUT2D eigenvalue weighted by Gasteiger charge is 2.30. The molecule has 0 radical (unpaired) electrons. The first kappa shape index (κ1) is 12.0. The molecule has 3 unspecified atom stereocenters. The van der Waals surface area contributed by atoms with Crippen LogP contribution in [0.3, 0.4) is 0 Å². The number of nitrogens with zero attached hydrogens (tertiary/aromatic N) is 2. The van der Waals surface area contributed by atoms with Crippen LogP contribution in [0.25, 0.3) is 0 Å². The molecule has 1 heterocycles. The molecule has 1 aliphatic carbocycles. The van der Waals surface area contributed by atoms with E-state index in [1.165, 1.54) is 19.3 Å². The molecule has 1 aromatic heterocycles. The van der Waals surface area contributed by atoms with E-state index >= 15 is 0 Å². The topological polar surface area (TPSA) is 43.8 Å². The maximum Gasteiger partial charge on any atom is 0.136 e. The van der Waals surface area contributed by atoms with E-state index in [1.54, 1.807) is 0 Å². The van der Waals surface area contributed by atoms with Crippen LogP contribution in [0, 0.1) is 18.8 Å². The van der Waals surface area contributed by atoms with Crippen LogP contribution in [-0.4, -0.2) is 9.78 Å². The summed E-state index contributed by atoms with van der Waals surface area (Å²) in [7, 11) is 0. The summed E-state index contributed by atoms with van der Waals surface area (Å²) in [5, 5.41) is 4.56. The summed E-state index contributed by atoms with van der Waals surface area (Å²) in [6, 6.07) is 0.466. The number of nitrogen functional groups attached to an aromatic ring is 1. The molecule has 2 rings (SSSR count). The third-order valence-electron chi connectivity index (χ3n) is 4.03. The van der Waals surface area contributed by atoms with Crippen molar-refractivity contribution in [1.29, 1.82) is 0 Å². The molecule has 1 fully saturated rings. The van der Waals surface area contributed by atoms with Gasteiger partial charge in [-0.3, -0.25) is 0 Å². The zero-order valence-corrected chi connectivity index (χ0v) is 11.8. The maximum absolute atomic E-state index is 6.10. The number of nitrogens with two attached hydrogens (primary N) is 1. The molecule has 4 heteroatoms. The van der Waals surface area contributed by atoms with E-state index in [0.29, 0.717) is 12.0 Å². The van der Waals surface area contributed by atoms with Crippen molar-refractivity contribution < 1.29 is 0 Å². The van der Waals surface area contributed by atoms with Gasteiger partial charge in [0.1, 0.15) is 5.82 Å². The Bertz CT molecular complexity index is 386. The third kappa shape index (κ3) is 1.88. The minimum Gasteiger partial charge on any atom is -0.383 e. The number of hydrogen-bond acceptors (Lipinski definition) is 2. The fourth-order valence-electron chi connectivity index (χ4n) is 2.70. The van der Waals surface area contributed by atoms with Gasteiger partial charge in [-0.15, -0.1) is 0 Å². The smallest absolute Gasteiger partial charge is 0.136 e. The summed E-state index contributed by atoms with van der Waals surface area (Å²) < 4.78 is 2.98. The van der Waals surface area contributed by atoms with Gasteiger partial charge < -0.3 is 5.73 Å². The van der Waals surface area contributed by atoms with Crippen molar-refractivity contribution in [2.75, 3.05) is 5.73 Å². The molecule has 3 atom stereocenters. The number of rotatable bonds is 1. The second kappa shape index (κ2) is 4.40. The minimum absolute atomic E-state index is 0.466. The van der Waals surface area contributed by atoms with Crippen LogP contribution in [0.15, 0.2) is 4.47 Å². The number of anilines is 1. The molecule has 16 heavy (non-hydrogen) atoms. The Hall–Kier alpha value is -0.510. The Morgan fingerprint density at radius 3 is 2.62 bits per heavy atom. The molecular formula is C12H20BrN3. The van der Waals surface area contributed by atoms with Gasteiger partial charge in [0.05, 0.1) is 16.2 Å². The summed E-state index contributed by atoms with van der Waals surface area (Å²) in [5.41, 5.74) is 7.08. The molecule has 0 bridgehead atoms. The Morgan fingerprint density at radius 1 is 1.38 bits per heavy atom. The largest absolute Gasteiger partial charge is 0.383 e. The highest BCUT2D eigenvalue weighted by molar-refractivity contribution is 9.10. The fourth-order valence-corrected chi connectivity index (χ4v) is 2.96. The zero-order chi connectivity index (χ0) is 11.9. The third-order valence-corrected chi connectivity index (χ3v) is 5.01. The van der Waals surface area contributed by atoms with E-state index in [4.69, 9.17) is 5.73 Å². The predicted octanol–water partition coefficient (Wildman–Crippen LogP) is 3.53. The van der Waals surface area contributed by atoms with E-state index in [-0.39, 0.29) is 0 Å². The van der Waals surface area contributed by atoms with E-state index in [9.17, 15) is 0 Å². The second-order valence-electron chi connectivity index (χ2n) is 5.06. The van der Waals surface area contributed by atoms with Gasteiger partial charge in [0.2, 0.25) is 0 Å². The maximum atomic E-state index is 6.10. The lowest BCUT2D eigenvalue weighted by atomic mass is 9.78. The van der Waals surface area contributed by atoms with Gasteiger partial charge in [0.15, 0.2) is 0 Å². The molecule has 0 aromatic carbocycles. The SMILES string of the molecule is Cc1nn(C2CCCC(C)C2C)c(N)c1Br. The minimum atomic E-state index is 0.466. The molecule has 1 aromatic rings. The lowest BCUT2D eigenvalue weighted by Gasteiger charge is -2.34. The van der Waals surface area contributed by atoms with Crippen LogP contribution >= 0.6 is 15.9 Å². The first-order valence-corrected chi connectivity index (χ1v) is 6.81. The average Bonchev–Trinajstić information content (AvgIpc) is 2.50. The van der Waals surface area contributed by atoms with Crippen molar-refractivity contribution in [1.82, 2.24) is 9.78 Å². The van der Waals surface area contributed by atoms with Gasteiger partial charge in [-0.25, -0.2) is 4.68 Å². The average molecular weight is 286 g/mol. The number of aromatic nitrogens is 2. The zero-order valence-electron chi connectivity index (χ0n) is 10.2. The Morgan fingerprint density at radius 2 is 2.06 bits per heavy atom. The quantitative estimate of drug-likeness (QED) is 0.858. The van der Waals surface area contributed by atoms with Gasteiger partial charge >= 0.3 is 0 Å². The van der Waals surface area contributed by atoms with Gasteiger partial charge in [-0.05, 0) is 41.1 Å². The Labute approximate surface area is 106 Å². The van der Waals surface area contributed by atoms with Crippen LogP contribution in [0.4, 0.5) is 5.82 Å². The van der Waals surface area contributed by atoms with Crippen LogP contribution in [0.5, 0.6) is 0 Å². The second-order valence-corrected chi connectivity index (χ2v) is 5.86. The highest BCUT2D eigenvalue weighted by Crippen LogP contribution is 2.39. The Kier molecular flexibility index (Phi) is 3.29. The molecule has 1 saturated carbocycles. The van der Waals surface area contributed by atoms with E-state index < -0.39 is 0 Å². The van der Waals surface area contributed by atoms with Gasteiger partial charge in [0, 0.05) is 0 Å². The van der Waals surface area contributed by atoms with E-state index in [0.717, 1.165) is 21.9 Å². The molecule has 0 saturated heterocycles. The number of hydrogen-bond donors (Lipinski definition) is 1. The molecule has 90 valence electrons. The van der Waals surface area contributed by atoms with E-state index in [1.807, 2.05) is 11.6 Å². The van der Waals surface area contributed by atoms with Crippen molar-refractivity contribution in [2.45, 2.75) is 46.1 Å². The van der Waals surface area contributed by atoms with Crippen LogP contribution in [-0.2, 0) is 0 Å². The standard InChI is InChI=1S/C12H20BrN3/c1-7-5-4-6-10(8(7)2)16-12(14)11(13)9(3)15-16/h7-8,10H,4-6,14H2,1-3H3. The Balaban J connectivity index is 2.32. The molecule has 1 aliphatic rings. The molecule has 0 spiro atoms. The summed E-state index contributed by atoms with van der Waals surface area (Å²) in [6.45, 7) is 6.64. The van der Waals surface area contributed by atoms with Crippen LogP contribution < -0.4 is 5.73 Å². The summed E-state index contributed by atoms with van der Waals surface area (Å²) in [4.78, 5) is 0. The van der Waals surface area contributed by atoms with Gasteiger partial charge in [-0.1, -0.05) is 26.7 Å². The summed E-state index contributed by atoms with van der Waals surface area (Å²) in [6.07, 6.45) is 3.81. The molecule has 0 amide bonds. The van der Waals surface area contributed by atoms with Crippen molar-refractivity contribution >= 4 is 21.7 Å². The van der Waals surface area contributed by atoms with Crippen molar-refractivity contribution in [2.24, 2.45) is 11.8 Å². The van der Waals surface area contributed by atoms with Crippen LogP contribution in [0.2, 0.25) is 0 Å². The van der Waals surface area contributed by atoms with Gasteiger partial charge in [-0.2, -0.15) is 5.10 Å². The van der Waals surface area contributed by atoms with Crippen molar-refractivity contribution in [3.8, 4) is 0 Å². The predicted molar refractivity (Wildman–Crippen MR) is 70.3 cm³/mol. The fraction of sp³-hybridized carbons (Fsp3) is 0.750. The molecular weight excluding hydrogens is 266 g/mol. The molecule has 0 aliphatic heterocycles. The lowest BCUT2D eigenvalue weighted by Crippen LogP contribution is -2.28. The highest BCUT2D eigenvalue weighted by atomic mass is 79.9. The normalized spacial score (nSPS) is 30.6. The monoisotopic (exact) mass is 285 g/mol. The van der Waals surface area contributed by atoms with Crippen molar-refractivity contribution in [3.63, 3.8) is 0 Å². The van der Waals surface area contributed by atoms with E-state index in [2.05, 4.69) is 34.9 Å². The lowest BCUT2D eigenvalue weighted by molar-refractivity contribution is 0.176. The van der Waals surface area contributed by atoms with Crippen LogP contribution in [0.1, 0.15) is 44.8 Å². The molecule has 3 nitrogen and oxygen atoms in total. The number of aryl methyl sites for hydroxylation is 1. The van der Waals surface area contributed by atoms with Gasteiger partial charge in [0.25, 0.3) is 0 Å². The summed E-state index contributed by atoms with van der Waals surface area (Å²) in [5.74, 6) is 2.20. The van der Waals surface area contributed by atoms with Crippen molar-refractivity contribution in [3.05, 3.63) is 10.2 Å². The number of halogens is 1. The molecule has 2 N–H and O–H groups in total. The first-order chi connectivity index (χ1) is 7.52. The first-order valence-electron chi connectivity index (χ1n) is 6.02. The summed E-state index contributed by atoms with van der Waals surface area (Å²) >= 11 is 3.49.